The minimum atomic E-state index is -0.475. The molecule has 148 valence electrons. The molecule has 2 atom stereocenters. The molecule has 0 aliphatic carbocycles. The SMILES string of the molecule is CC(C)CNC(=O)c1nnc2n1CC1(CCN(C(=O)C3CCOC3)C1)OC2. The van der Waals surface area contributed by atoms with Crippen molar-refractivity contribution in [2.45, 2.75) is 45.4 Å². The van der Waals surface area contributed by atoms with Crippen molar-refractivity contribution >= 4 is 11.8 Å². The van der Waals surface area contributed by atoms with Crippen LogP contribution in [-0.2, 0) is 27.4 Å². The molecule has 4 rings (SSSR count). The molecule has 3 aliphatic heterocycles. The second-order valence-electron chi connectivity index (χ2n) is 8.17. The van der Waals surface area contributed by atoms with Crippen LogP contribution >= 0.6 is 0 Å². The van der Waals surface area contributed by atoms with E-state index in [4.69, 9.17) is 9.47 Å². The van der Waals surface area contributed by atoms with Crippen molar-refractivity contribution in [2.24, 2.45) is 11.8 Å². The Morgan fingerprint density at radius 2 is 2.19 bits per heavy atom. The second kappa shape index (κ2) is 7.20. The highest BCUT2D eigenvalue weighted by Gasteiger charge is 2.46. The molecule has 3 aliphatic rings. The average molecular weight is 377 g/mol. The summed E-state index contributed by atoms with van der Waals surface area (Å²) in [7, 11) is 0. The summed E-state index contributed by atoms with van der Waals surface area (Å²) in [5.74, 6) is 1.24. The third kappa shape index (κ3) is 3.58. The number of hydrogen-bond donors (Lipinski definition) is 1. The Labute approximate surface area is 158 Å². The Morgan fingerprint density at radius 3 is 2.93 bits per heavy atom. The zero-order valence-electron chi connectivity index (χ0n) is 15.9. The highest BCUT2D eigenvalue weighted by molar-refractivity contribution is 5.90. The highest BCUT2D eigenvalue weighted by Crippen LogP contribution is 2.33. The summed E-state index contributed by atoms with van der Waals surface area (Å²) in [5.41, 5.74) is -0.475. The minimum Gasteiger partial charge on any atom is -0.381 e. The quantitative estimate of drug-likeness (QED) is 0.805. The molecule has 0 aromatic carbocycles. The molecule has 1 spiro atoms. The van der Waals surface area contributed by atoms with E-state index in [-0.39, 0.29) is 17.7 Å². The van der Waals surface area contributed by atoms with E-state index in [0.717, 1.165) is 12.8 Å². The van der Waals surface area contributed by atoms with E-state index in [1.807, 2.05) is 23.3 Å². The first-order chi connectivity index (χ1) is 13.0. The number of amides is 2. The molecular weight excluding hydrogens is 350 g/mol. The Balaban J connectivity index is 1.45. The van der Waals surface area contributed by atoms with Gasteiger partial charge < -0.3 is 24.3 Å². The molecule has 1 N–H and O–H groups in total. The van der Waals surface area contributed by atoms with Crippen LogP contribution in [0.5, 0.6) is 0 Å². The van der Waals surface area contributed by atoms with Crippen LogP contribution in [0, 0.1) is 11.8 Å². The van der Waals surface area contributed by atoms with Crippen molar-refractivity contribution in [3.8, 4) is 0 Å². The average Bonchev–Trinajstić information content (AvgIpc) is 3.39. The number of nitrogens with zero attached hydrogens (tertiary/aromatic N) is 4. The second-order valence-corrected chi connectivity index (χ2v) is 8.17. The van der Waals surface area contributed by atoms with Gasteiger partial charge >= 0.3 is 0 Å². The monoisotopic (exact) mass is 377 g/mol. The number of hydrogen-bond acceptors (Lipinski definition) is 6. The zero-order chi connectivity index (χ0) is 19.0. The number of nitrogens with one attached hydrogen (secondary N) is 1. The maximum atomic E-state index is 12.7. The molecule has 9 nitrogen and oxygen atoms in total. The van der Waals surface area contributed by atoms with Crippen LogP contribution in [0.25, 0.3) is 0 Å². The van der Waals surface area contributed by atoms with E-state index in [9.17, 15) is 9.59 Å². The lowest BCUT2D eigenvalue weighted by Crippen LogP contribution is -2.46. The van der Waals surface area contributed by atoms with Crippen LogP contribution in [-0.4, -0.2) is 69.9 Å². The topological polar surface area (TPSA) is 98.6 Å². The van der Waals surface area contributed by atoms with Crippen LogP contribution in [0.3, 0.4) is 0 Å². The van der Waals surface area contributed by atoms with Crippen molar-refractivity contribution in [3.05, 3.63) is 11.6 Å². The Morgan fingerprint density at radius 1 is 1.33 bits per heavy atom. The summed E-state index contributed by atoms with van der Waals surface area (Å²) in [4.78, 5) is 27.0. The van der Waals surface area contributed by atoms with Gasteiger partial charge in [-0.3, -0.25) is 9.59 Å². The van der Waals surface area contributed by atoms with E-state index in [1.165, 1.54) is 0 Å². The molecular formula is C18H27N5O4. The molecule has 1 aromatic rings. The number of likely N-dealkylation sites (tertiary alicyclic amines) is 1. The first-order valence-electron chi connectivity index (χ1n) is 9.68. The smallest absolute Gasteiger partial charge is 0.289 e. The summed E-state index contributed by atoms with van der Waals surface area (Å²) >= 11 is 0. The van der Waals surface area contributed by atoms with Gasteiger partial charge in [0.15, 0.2) is 5.82 Å². The molecule has 0 bridgehead atoms. The molecule has 2 fully saturated rings. The molecule has 27 heavy (non-hydrogen) atoms. The fourth-order valence-electron chi connectivity index (χ4n) is 3.97. The fourth-order valence-corrected chi connectivity index (χ4v) is 3.97. The molecule has 0 saturated carbocycles. The Bertz CT molecular complexity index is 727. The lowest BCUT2D eigenvalue weighted by atomic mass is 10.0. The number of fused-ring (bicyclic) bond motifs is 1. The van der Waals surface area contributed by atoms with E-state index in [1.54, 1.807) is 0 Å². The zero-order valence-corrected chi connectivity index (χ0v) is 15.9. The molecule has 0 radical (unpaired) electrons. The summed E-state index contributed by atoms with van der Waals surface area (Å²) < 4.78 is 13.3. The number of carbonyl (C=O) groups is 2. The van der Waals surface area contributed by atoms with E-state index in [0.29, 0.717) is 63.6 Å². The normalized spacial score (nSPS) is 27.4. The van der Waals surface area contributed by atoms with Crippen molar-refractivity contribution in [3.63, 3.8) is 0 Å². The van der Waals surface area contributed by atoms with Crippen molar-refractivity contribution in [1.29, 1.82) is 0 Å². The standard InChI is InChI=1S/C18H27N5O4/c1-12(2)7-19-16(24)15-21-20-14-9-27-18(11-23(14)15)4-5-22(10-18)17(25)13-3-6-26-8-13/h12-13H,3-11H2,1-2H3,(H,19,24). The summed E-state index contributed by atoms with van der Waals surface area (Å²) in [6, 6.07) is 0. The Hall–Kier alpha value is -2.00. The fraction of sp³-hybridized carbons (Fsp3) is 0.778. The summed E-state index contributed by atoms with van der Waals surface area (Å²) in [6.07, 6.45) is 1.54. The number of carbonyl (C=O) groups excluding carboxylic acids is 2. The highest BCUT2D eigenvalue weighted by atomic mass is 16.5. The van der Waals surface area contributed by atoms with Gasteiger partial charge in [-0.1, -0.05) is 13.8 Å². The van der Waals surface area contributed by atoms with E-state index in [2.05, 4.69) is 15.5 Å². The van der Waals surface area contributed by atoms with Gasteiger partial charge in [-0.2, -0.15) is 0 Å². The maximum Gasteiger partial charge on any atom is 0.289 e. The van der Waals surface area contributed by atoms with Gasteiger partial charge in [-0.15, -0.1) is 10.2 Å². The van der Waals surface area contributed by atoms with E-state index < -0.39 is 5.60 Å². The third-order valence-electron chi connectivity index (χ3n) is 5.56. The van der Waals surface area contributed by atoms with Gasteiger partial charge in [0, 0.05) is 19.7 Å². The van der Waals surface area contributed by atoms with Crippen molar-refractivity contribution in [2.75, 3.05) is 32.8 Å². The van der Waals surface area contributed by atoms with Gasteiger partial charge in [-0.05, 0) is 18.8 Å². The predicted octanol–water partition coefficient (Wildman–Crippen LogP) is 0.202. The molecule has 2 amide bonds. The third-order valence-corrected chi connectivity index (χ3v) is 5.56. The minimum absolute atomic E-state index is 0.0356. The number of rotatable bonds is 4. The largest absolute Gasteiger partial charge is 0.381 e. The first-order valence-corrected chi connectivity index (χ1v) is 9.68. The summed E-state index contributed by atoms with van der Waals surface area (Å²) in [5, 5.41) is 11.1. The summed E-state index contributed by atoms with van der Waals surface area (Å²) in [6.45, 7) is 7.85. The van der Waals surface area contributed by atoms with Crippen molar-refractivity contribution in [1.82, 2.24) is 25.0 Å². The van der Waals surface area contributed by atoms with Crippen LogP contribution in [0.4, 0.5) is 0 Å². The molecule has 4 heterocycles. The van der Waals surface area contributed by atoms with Gasteiger partial charge in [0.1, 0.15) is 12.2 Å². The lowest BCUT2D eigenvalue weighted by molar-refractivity contribution is -0.137. The van der Waals surface area contributed by atoms with E-state index >= 15 is 0 Å². The molecule has 2 unspecified atom stereocenters. The predicted molar refractivity (Wildman–Crippen MR) is 94.8 cm³/mol. The van der Waals surface area contributed by atoms with Crippen LogP contribution in [0.1, 0.15) is 43.1 Å². The lowest BCUT2D eigenvalue weighted by Gasteiger charge is -2.34. The van der Waals surface area contributed by atoms with Crippen LogP contribution in [0.15, 0.2) is 0 Å². The molecule has 1 aromatic heterocycles. The maximum absolute atomic E-state index is 12.7. The van der Waals surface area contributed by atoms with Crippen LogP contribution < -0.4 is 5.32 Å². The van der Waals surface area contributed by atoms with Gasteiger partial charge in [-0.25, -0.2) is 0 Å². The van der Waals surface area contributed by atoms with Gasteiger partial charge in [0.25, 0.3) is 5.91 Å². The van der Waals surface area contributed by atoms with Gasteiger partial charge in [0.2, 0.25) is 11.7 Å². The molecule has 2 saturated heterocycles. The van der Waals surface area contributed by atoms with Crippen LogP contribution in [0.2, 0.25) is 0 Å². The first kappa shape index (κ1) is 18.4. The Kier molecular flexibility index (Phi) is 4.90. The molecule has 9 heteroatoms. The van der Waals surface area contributed by atoms with Gasteiger partial charge in [0.05, 0.1) is 25.6 Å². The number of aromatic nitrogens is 3. The van der Waals surface area contributed by atoms with Crippen molar-refractivity contribution < 1.29 is 19.1 Å². The number of ether oxygens (including phenoxy) is 2.